The molecular formula is C16H17FN2O3S. The molecule has 1 aliphatic rings. The van der Waals surface area contributed by atoms with Crippen molar-refractivity contribution in [2.45, 2.75) is 11.3 Å². The van der Waals surface area contributed by atoms with Crippen molar-refractivity contribution in [2.75, 3.05) is 24.6 Å². The van der Waals surface area contributed by atoms with Gasteiger partial charge in [0.05, 0.1) is 11.4 Å². The van der Waals surface area contributed by atoms with Crippen LogP contribution < -0.4 is 14.8 Å². The van der Waals surface area contributed by atoms with Gasteiger partial charge in [0.25, 0.3) is 0 Å². The van der Waals surface area contributed by atoms with Crippen LogP contribution in [0, 0.1) is 5.82 Å². The quantitative estimate of drug-likeness (QED) is 0.905. The molecule has 2 aromatic carbocycles. The van der Waals surface area contributed by atoms with Gasteiger partial charge in [0.2, 0.25) is 10.0 Å². The molecule has 0 amide bonds. The third kappa shape index (κ3) is 3.46. The zero-order valence-electron chi connectivity index (χ0n) is 12.4. The van der Waals surface area contributed by atoms with Crippen molar-refractivity contribution in [3.8, 4) is 5.75 Å². The smallest absolute Gasteiger partial charge is 0.238 e. The Balaban J connectivity index is 1.65. The van der Waals surface area contributed by atoms with E-state index in [9.17, 15) is 12.8 Å². The molecular weight excluding hydrogens is 319 g/mol. The molecule has 0 saturated carbocycles. The number of hydrogen-bond donors (Lipinski definition) is 1. The molecule has 0 fully saturated rings. The van der Waals surface area contributed by atoms with Crippen LogP contribution in [0.3, 0.4) is 0 Å². The number of halogens is 1. The zero-order valence-corrected chi connectivity index (χ0v) is 13.2. The van der Waals surface area contributed by atoms with Crippen LogP contribution >= 0.6 is 0 Å². The summed E-state index contributed by atoms with van der Waals surface area (Å²) in [5.74, 6) is -0.149. The van der Waals surface area contributed by atoms with Crippen molar-refractivity contribution in [1.82, 2.24) is 0 Å². The Morgan fingerprint density at radius 1 is 1.22 bits per heavy atom. The molecule has 0 radical (unpaired) electrons. The molecule has 0 saturated heterocycles. The second-order valence-corrected chi connectivity index (χ2v) is 6.91. The number of fused-ring (bicyclic) bond motifs is 1. The Bertz CT molecular complexity index is 824. The molecule has 0 aliphatic carbocycles. The van der Waals surface area contributed by atoms with Crippen molar-refractivity contribution in [3.05, 3.63) is 53.8 Å². The molecule has 122 valence electrons. The van der Waals surface area contributed by atoms with Crippen LogP contribution in [0.2, 0.25) is 0 Å². The molecule has 2 aromatic rings. The summed E-state index contributed by atoms with van der Waals surface area (Å²) in [6, 6.07) is 11.2. The number of nitrogens with two attached hydrogens (primary N) is 1. The van der Waals surface area contributed by atoms with Crippen molar-refractivity contribution in [2.24, 2.45) is 5.14 Å². The fraction of sp³-hybridized carbons (Fsp3) is 0.250. The summed E-state index contributed by atoms with van der Waals surface area (Å²) >= 11 is 0. The molecule has 2 N–H and O–H groups in total. The van der Waals surface area contributed by atoms with Crippen LogP contribution in [0.25, 0.3) is 0 Å². The molecule has 5 nitrogen and oxygen atoms in total. The Morgan fingerprint density at radius 3 is 2.74 bits per heavy atom. The molecule has 0 aromatic heterocycles. The van der Waals surface area contributed by atoms with Gasteiger partial charge in [-0.1, -0.05) is 12.1 Å². The van der Waals surface area contributed by atoms with Gasteiger partial charge in [0.1, 0.15) is 6.61 Å². The fourth-order valence-corrected chi connectivity index (χ4v) is 3.25. The highest BCUT2D eigenvalue weighted by Crippen LogP contribution is 2.29. The highest BCUT2D eigenvalue weighted by atomic mass is 32.2. The zero-order chi connectivity index (χ0) is 16.4. The van der Waals surface area contributed by atoms with Gasteiger partial charge in [-0.3, -0.25) is 0 Å². The van der Waals surface area contributed by atoms with E-state index in [1.54, 1.807) is 30.3 Å². The van der Waals surface area contributed by atoms with E-state index in [1.807, 2.05) is 0 Å². The van der Waals surface area contributed by atoms with Gasteiger partial charge >= 0.3 is 0 Å². The number of primary sulfonamides is 1. The third-order valence-corrected chi connectivity index (χ3v) is 4.74. The lowest BCUT2D eigenvalue weighted by molar-refractivity contribution is 0.308. The summed E-state index contributed by atoms with van der Waals surface area (Å²) in [5, 5.41) is 5.15. The lowest BCUT2D eigenvalue weighted by Gasteiger charge is -2.19. The average molecular weight is 336 g/mol. The van der Waals surface area contributed by atoms with Gasteiger partial charge in [-0.15, -0.1) is 0 Å². The normalized spacial score (nSPS) is 13.9. The number of benzene rings is 2. The molecule has 3 rings (SSSR count). The maximum absolute atomic E-state index is 13.5. The molecule has 1 heterocycles. The van der Waals surface area contributed by atoms with Crippen LogP contribution in [0.5, 0.6) is 5.75 Å². The van der Waals surface area contributed by atoms with Gasteiger partial charge in [-0.05, 0) is 42.3 Å². The van der Waals surface area contributed by atoms with E-state index in [4.69, 9.17) is 9.88 Å². The SMILES string of the molecule is NS(=O)(=O)c1ccc2c(c1)CCN2CCOc1ccccc1F. The first-order valence-corrected chi connectivity index (χ1v) is 8.78. The lowest BCUT2D eigenvalue weighted by atomic mass is 10.2. The Kier molecular flexibility index (Phi) is 4.23. The second-order valence-electron chi connectivity index (χ2n) is 5.35. The Morgan fingerprint density at radius 2 is 2.00 bits per heavy atom. The van der Waals surface area contributed by atoms with Gasteiger partial charge in [-0.25, -0.2) is 17.9 Å². The van der Waals surface area contributed by atoms with E-state index in [2.05, 4.69) is 4.90 Å². The van der Waals surface area contributed by atoms with Crippen molar-refractivity contribution in [3.63, 3.8) is 0 Å². The minimum absolute atomic E-state index is 0.126. The molecule has 0 bridgehead atoms. The molecule has 0 atom stereocenters. The van der Waals surface area contributed by atoms with Gasteiger partial charge in [-0.2, -0.15) is 0 Å². The van der Waals surface area contributed by atoms with E-state index >= 15 is 0 Å². The number of rotatable bonds is 5. The first-order valence-electron chi connectivity index (χ1n) is 7.23. The fourth-order valence-electron chi connectivity index (χ4n) is 2.68. The molecule has 0 unspecified atom stereocenters. The largest absolute Gasteiger partial charge is 0.489 e. The molecule has 0 spiro atoms. The number of hydrogen-bond acceptors (Lipinski definition) is 4. The maximum Gasteiger partial charge on any atom is 0.238 e. The number of nitrogens with zero attached hydrogens (tertiary/aromatic N) is 1. The summed E-state index contributed by atoms with van der Waals surface area (Å²) < 4.78 is 41.7. The van der Waals surface area contributed by atoms with Crippen molar-refractivity contribution in [1.29, 1.82) is 0 Å². The molecule has 7 heteroatoms. The highest BCUT2D eigenvalue weighted by Gasteiger charge is 2.21. The van der Waals surface area contributed by atoms with Crippen LogP contribution in [-0.2, 0) is 16.4 Å². The van der Waals surface area contributed by atoms with Gasteiger partial charge in [0.15, 0.2) is 11.6 Å². The number of ether oxygens (including phenoxy) is 1. The van der Waals surface area contributed by atoms with Crippen LogP contribution in [0.4, 0.5) is 10.1 Å². The topological polar surface area (TPSA) is 72.6 Å². The first-order chi connectivity index (χ1) is 10.9. The van der Waals surface area contributed by atoms with Crippen LogP contribution in [0.15, 0.2) is 47.4 Å². The standard InChI is InChI=1S/C16H17FN2O3S/c17-14-3-1-2-4-16(14)22-10-9-19-8-7-12-11-13(23(18,20)21)5-6-15(12)19/h1-6,11H,7-10H2,(H2,18,20,21). The van der Waals surface area contributed by atoms with E-state index < -0.39 is 10.0 Å². The molecule has 23 heavy (non-hydrogen) atoms. The van der Waals surface area contributed by atoms with E-state index in [0.717, 1.165) is 24.2 Å². The predicted molar refractivity (Wildman–Crippen MR) is 85.6 cm³/mol. The maximum atomic E-state index is 13.5. The minimum Gasteiger partial charge on any atom is -0.489 e. The van der Waals surface area contributed by atoms with Crippen molar-refractivity contribution < 1.29 is 17.5 Å². The van der Waals surface area contributed by atoms with E-state index in [0.29, 0.717) is 13.2 Å². The first kappa shape index (κ1) is 15.8. The number of anilines is 1. The Hall–Kier alpha value is -2.12. The predicted octanol–water partition coefficient (Wildman–Crippen LogP) is 1.91. The van der Waals surface area contributed by atoms with Crippen LogP contribution in [0.1, 0.15) is 5.56 Å². The lowest BCUT2D eigenvalue weighted by Crippen LogP contribution is -2.26. The molecule has 1 aliphatic heterocycles. The summed E-state index contributed by atoms with van der Waals surface area (Å²) in [6.07, 6.45) is 0.748. The minimum atomic E-state index is -3.68. The van der Waals surface area contributed by atoms with E-state index in [-0.39, 0.29) is 16.5 Å². The highest BCUT2D eigenvalue weighted by molar-refractivity contribution is 7.89. The van der Waals surface area contributed by atoms with Gasteiger partial charge < -0.3 is 9.64 Å². The number of sulfonamides is 1. The van der Waals surface area contributed by atoms with Crippen LogP contribution in [-0.4, -0.2) is 28.1 Å². The average Bonchev–Trinajstić information content (AvgIpc) is 2.91. The van der Waals surface area contributed by atoms with E-state index in [1.165, 1.54) is 12.1 Å². The number of para-hydroxylation sites is 1. The summed E-state index contributed by atoms with van der Waals surface area (Å²) in [5.41, 5.74) is 1.91. The second kappa shape index (κ2) is 6.17. The monoisotopic (exact) mass is 336 g/mol. The Labute approximate surface area is 134 Å². The summed E-state index contributed by atoms with van der Waals surface area (Å²) in [4.78, 5) is 2.21. The van der Waals surface area contributed by atoms with Gasteiger partial charge in [0, 0.05) is 12.2 Å². The summed E-state index contributed by atoms with van der Waals surface area (Å²) in [6.45, 7) is 1.71. The summed E-state index contributed by atoms with van der Waals surface area (Å²) in [7, 11) is -3.68. The third-order valence-electron chi connectivity index (χ3n) is 3.83. The van der Waals surface area contributed by atoms with Crippen molar-refractivity contribution >= 4 is 15.7 Å².